The summed E-state index contributed by atoms with van der Waals surface area (Å²) in [6, 6.07) is -2.30. The summed E-state index contributed by atoms with van der Waals surface area (Å²) in [7, 11) is 0. The topological polar surface area (TPSA) is 151 Å². The second-order valence-electron chi connectivity index (χ2n) is 5.19. The van der Waals surface area contributed by atoms with E-state index in [1.165, 1.54) is 0 Å². The third-order valence-electron chi connectivity index (χ3n) is 1.93. The van der Waals surface area contributed by atoms with Gasteiger partial charge in [0.15, 0.2) is 0 Å². The molecule has 1 unspecified atom stereocenters. The normalized spacial score (nSPS) is 12.2. The zero-order chi connectivity index (χ0) is 15.9. The Morgan fingerprint density at radius 3 is 2.15 bits per heavy atom. The minimum absolute atomic E-state index is 0.313. The van der Waals surface area contributed by atoms with Gasteiger partial charge in [0, 0.05) is 5.54 Å². The molecule has 9 nitrogen and oxygen atoms in total. The molecular formula is C11H20N4O5. The Kier molecular flexibility index (Phi) is 6.47. The van der Waals surface area contributed by atoms with Crippen molar-refractivity contribution in [3.05, 3.63) is 0 Å². The third kappa shape index (κ3) is 8.72. The highest BCUT2D eigenvalue weighted by molar-refractivity contribution is 5.89. The van der Waals surface area contributed by atoms with Gasteiger partial charge in [0.25, 0.3) is 0 Å². The number of amides is 4. The van der Waals surface area contributed by atoms with Gasteiger partial charge >= 0.3 is 12.0 Å². The molecule has 4 amide bonds. The molecular weight excluding hydrogens is 268 g/mol. The predicted octanol–water partition coefficient (Wildman–Crippen LogP) is -1.47. The van der Waals surface area contributed by atoms with Crippen LogP contribution in [0.15, 0.2) is 0 Å². The van der Waals surface area contributed by atoms with Crippen molar-refractivity contribution in [1.29, 1.82) is 0 Å². The zero-order valence-corrected chi connectivity index (χ0v) is 11.6. The van der Waals surface area contributed by atoms with Crippen LogP contribution in [0.2, 0.25) is 0 Å². The van der Waals surface area contributed by atoms with Crippen molar-refractivity contribution >= 4 is 23.8 Å². The number of primary amides is 1. The minimum atomic E-state index is -1.43. The third-order valence-corrected chi connectivity index (χ3v) is 1.93. The molecule has 114 valence electrons. The molecule has 0 radical (unpaired) electrons. The maximum Gasteiger partial charge on any atom is 0.326 e. The molecule has 20 heavy (non-hydrogen) atoms. The first-order chi connectivity index (χ1) is 9.01. The van der Waals surface area contributed by atoms with Crippen molar-refractivity contribution in [3.63, 3.8) is 0 Å². The van der Waals surface area contributed by atoms with Gasteiger partial charge in [-0.3, -0.25) is 9.59 Å². The Balaban J connectivity index is 4.24. The summed E-state index contributed by atoms with van der Waals surface area (Å²) in [5.41, 5.74) is 4.42. The molecule has 1 atom stereocenters. The number of carboxylic acid groups (broad SMARTS) is 1. The Bertz CT molecular complexity index is 402. The molecule has 0 aliphatic carbocycles. The fourth-order valence-electron chi connectivity index (χ4n) is 1.23. The summed E-state index contributed by atoms with van der Waals surface area (Å²) in [6.07, 6.45) is -0.531. The lowest BCUT2D eigenvalue weighted by molar-refractivity contribution is -0.140. The van der Waals surface area contributed by atoms with Crippen LogP contribution in [0.5, 0.6) is 0 Å². The van der Waals surface area contributed by atoms with Crippen LogP contribution in [-0.2, 0) is 14.4 Å². The van der Waals surface area contributed by atoms with Crippen molar-refractivity contribution in [2.24, 2.45) is 5.73 Å². The lowest BCUT2D eigenvalue weighted by Gasteiger charge is -2.20. The van der Waals surface area contributed by atoms with E-state index in [4.69, 9.17) is 10.8 Å². The highest BCUT2D eigenvalue weighted by atomic mass is 16.4. The molecule has 0 aromatic carbocycles. The van der Waals surface area contributed by atoms with Crippen LogP contribution >= 0.6 is 0 Å². The van der Waals surface area contributed by atoms with Gasteiger partial charge in [-0.05, 0) is 20.8 Å². The molecule has 0 rings (SSSR count). The number of hydrogen-bond acceptors (Lipinski definition) is 4. The quantitative estimate of drug-likeness (QED) is 0.404. The maximum absolute atomic E-state index is 11.4. The molecule has 0 heterocycles. The Labute approximate surface area is 116 Å². The monoisotopic (exact) mass is 288 g/mol. The van der Waals surface area contributed by atoms with Gasteiger partial charge < -0.3 is 26.8 Å². The standard InChI is InChI=1S/C11H20N4O5/c1-11(2,3)15-8(17)5-13-10(20)14-6(9(18)19)4-7(12)16/h6H,4-5H2,1-3H3,(H2,12,16)(H,15,17)(H,18,19)(H2,13,14,20). The number of carboxylic acids is 1. The first-order valence-corrected chi connectivity index (χ1v) is 5.88. The molecule has 0 aromatic heterocycles. The summed E-state index contributed by atoms with van der Waals surface area (Å²) in [5.74, 6) is -2.67. The van der Waals surface area contributed by atoms with E-state index in [1.54, 1.807) is 20.8 Å². The van der Waals surface area contributed by atoms with E-state index in [1.807, 2.05) is 5.32 Å². The SMILES string of the molecule is CC(C)(C)NC(=O)CNC(=O)NC(CC(N)=O)C(=O)O. The number of carbonyl (C=O) groups is 4. The summed E-state index contributed by atoms with van der Waals surface area (Å²) in [4.78, 5) is 44.2. The molecule has 0 saturated heterocycles. The number of aliphatic carboxylic acids is 1. The van der Waals surface area contributed by atoms with Gasteiger partial charge in [0.05, 0.1) is 13.0 Å². The molecule has 0 fully saturated rings. The number of hydrogen-bond donors (Lipinski definition) is 5. The molecule has 0 spiro atoms. The van der Waals surface area contributed by atoms with Gasteiger partial charge in [0.1, 0.15) is 6.04 Å². The summed E-state index contributed by atoms with van der Waals surface area (Å²) < 4.78 is 0. The number of urea groups is 1. The molecule has 6 N–H and O–H groups in total. The van der Waals surface area contributed by atoms with Crippen LogP contribution in [0.3, 0.4) is 0 Å². The van der Waals surface area contributed by atoms with Crippen molar-refractivity contribution in [2.75, 3.05) is 6.54 Å². The van der Waals surface area contributed by atoms with Crippen molar-refractivity contribution in [1.82, 2.24) is 16.0 Å². The van der Waals surface area contributed by atoms with Gasteiger partial charge in [-0.1, -0.05) is 0 Å². The van der Waals surface area contributed by atoms with Gasteiger partial charge in [-0.2, -0.15) is 0 Å². The second kappa shape index (κ2) is 7.31. The molecule has 0 aliphatic rings. The van der Waals surface area contributed by atoms with Crippen LogP contribution < -0.4 is 21.7 Å². The molecule has 0 aliphatic heterocycles. The van der Waals surface area contributed by atoms with E-state index < -0.39 is 41.8 Å². The Morgan fingerprint density at radius 1 is 1.20 bits per heavy atom. The van der Waals surface area contributed by atoms with Crippen molar-refractivity contribution in [2.45, 2.75) is 38.8 Å². The highest BCUT2D eigenvalue weighted by Gasteiger charge is 2.22. The van der Waals surface area contributed by atoms with E-state index in [0.29, 0.717) is 0 Å². The molecule has 9 heteroatoms. The van der Waals surface area contributed by atoms with Crippen LogP contribution in [-0.4, -0.2) is 47.0 Å². The van der Waals surface area contributed by atoms with Crippen LogP contribution in [0.25, 0.3) is 0 Å². The molecule has 0 saturated carbocycles. The van der Waals surface area contributed by atoms with E-state index in [-0.39, 0.29) is 6.54 Å². The smallest absolute Gasteiger partial charge is 0.326 e. The van der Waals surface area contributed by atoms with Crippen LogP contribution in [0.1, 0.15) is 27.2 Å². The van der Waals surface area contributed by atoms with E-state index in [2.05, 4.69) is 10.6 Å². The molecule has 0 aromatic rings. The average molecular weight is 288 g/mol. The average Bonchev–Trinajstić information content (AvgIpc) is 2.22. The highest BCUT2D eigenvalue weighted by Crippen LogP contribution is 1.97. The van der Waals surface area contributed by atoms with Crippen molar-refractivity contribution < 1.29 is 24.3 Å². The predicted molar refractivity (Wildman–Crippen MR) is 69.7 cm³/mol. The van der Waals surface area contributed by atoms with Crippen molar-refractivity contribution in [3.8, 4) is 0 Å². The van der Waals surface area contributed by atoms with E-state index >= 15 is 0 Å². The van der Waals surface area contributed by atoms with E-state index in [9.17, 15) is 19.2 Å². The summed E-state index contributed by atoms with van der Waals surface area (Å²) >= 11 is 0. The fourth-order valence-corrected chi connectivity index (χ4v) is 1.23. The van der Waals surface area contributed by atoms with Gasteiger partial charge in [-0.25, -0.2) is 9.59 Å². The number of carbonyl (C=O) groups excluding carboxylic acids is 3. The maximum atomic E-state index is 11.4. The summed E-state index contributed by atoms with van der Waals surface area (Å²) in [5, 5.41) is 15.6. The number of nitrogens with two attached hydrogens (primary N) is 1. The minimum Gasteiger partial charge on any atom is -0.480 e. The zero-order valence-electron chi connectivity index (χ0n) is 11.6. The number of rotatable bonds is 6. The number of nitrogens with one attached hydrogen (secondary N) is 3. The van der Waals surface area contributed by atoms with Gasteiger partial charge in [-0.15, -0.1) is 0 Å². The lowest BCUT2D eigenvalue weighted by Crippen LogP contribution is -2.51. The van der Waals surface area contributed by atoms with E-state index in [0.717, 1.165) is 0 Å². The fraction of sp³-hybridized carbons (Fsp3) is 0.636. The van der Waals surface area contributed by atoms with Crippen LogP contribution in [0.4, 0.5) is 4.79 Å². The van der Waals surface area contributed by atoms with Crippen LogP contribution in [0, 0.1) is 0 Å². The van der Waals surface area contributed by atoms with Gasteiger partial charge in [0.2, 0.25) is 11.8 Å². The summed E-state index contributed by atoms with van der Waals surface area (Å²) in [6.45, 7) is 5.01. The largest absolute Gasteiger partial charge is 0.480 e. The Morgan fingerprint density at radius 2 is 1.75 bits per heavy atom. The molecule has 0 bridgehead atoms. The lowest BCUT2D eigenvalue weighted by atomic mass is 10.1. The second-order valence-corrected chi connectivity index (χ2v) is 5.19. The Hall–Kier alpha value is -2.32. The first kappa shape index (κ1) is 17.7. The first-order valence-electron chi connectivity index (χ1n) is 5.88.